The number of para-hydroxylation sites is 2. The molecule has 57 heavy (non-hydrogen) atoms. The maximum atomic E-state index is 11.9. The normalized spacial score (nSPS) is 11.3. The van der Waals surface area contributed by atoms with E-state index in [-0.39, 0.29) is 49.2 Å². The average Bonchev–Trinajstić information content (AvgIpc) is 3.16. The van der Waals surface area contributed by atoms with Crippen molar-refractivity contribution in [2.24, 2.45) is 0 Å². The first-order chi connectivity index (χ1) is 26.8. The van der Waals surface area contributed by atoms with Gasteiger partial charge in [-0.2, -0.15) is 8.42 Å². The zero-order chi connectivity index (χ0) is 40.8. The fraction of sp³-hybridized carbons (Fsp3) is 0.455. The maximum Gasteiger partial charge on any atom is 2.00 e. The zero-order valence-electron chi connectivity index (χ0n) is 33.5. The van der Waals surface area contributed by atoms with Gasteiger partial charge in [-0.05, 0) is 79.3 Å². The SMILES string of the molecule is CCCCCCCCCCc1ccc(Oc2c(O)cccc2S(=O)(=O)O)cc1.CCCCCCCCCCc1ccc(Oc2c([O-])cccc2S(=O)(=O)[O-])cc1.[Ca+2]. The van der Waals surface area contributed by atoms with E-state index >= 15 is 0 Å². The molecule has 0 atom stereocenters. The van der Waals surface area contributed by atoms with Gasteiger partial charge in [-0.15, -0.1) is 0 Å². The molecule has 4 rings (SSSR count). The number of phenolic OH excluding ortho intramolecular Hbond substituents is 1. The summed E-state index contributed by atoms with van der Waals surface area (Å²) in [5.41, 5.74) is 2.34. The van der Waals surface area contributed by atoms with Crippen LogP contribution in [-0.4, -0.2) is 68.8 Å². The van der Waals surface area contributed by atoms with Crippen LogP contribution >= 0.6 is 0 Å². The Morgan fingerprint density at radius 2 is 0.912 bits per heavy atom. The Morgan fingerprint density at radius 1 is 0.526 bits per heavy atom. The number of benzene rings is 4. The molecule has 0 radical (unpaired) electrons. The van der Waals surface area contributed by atoms with E-state index in [2.05, 4.69) is 13.8 Å². The predicted octanol–water partition coefficient (Wildman–Crippen LogP) is 10.9. The summed E-state index contributed by atoms with van der Waals surface area (Å²) in [5, 5.41) is 21.8. The molecule has 0 unspecified atom stereocenters. The summed E-state index contributed by atoms with van der Waals surface area (Å²) < 4.78 is 77.1. The number of hydrogen-bond acceptors (Lipinski definition) is 9. The minimum Gasteiger partial charge on any atom is -0.870 e. The summed E-state index contributed by atoms with van der Waals surface area (Å²) in [6, 6.07) is 21.8. The van der Waals surface area contributed by atoms with Crippen LogP contribution in [0.25, 0.3) is 0 Å². The van der Waals surface area contributed by atoms with Crippen LogP contribution in [0.3, 0.4) is 0 Å². The van der Waals surface area contributed by atoms with Crippen molar-refractivity contribution < 1.29 is 45.6 Å². The van der Waals surface area contributed by atoms with Crippen LogP contribution in [-0.2, 0) is 33.1 Å². The first-order valence-electron chi connectivity index (χ1n) is 19.9. The Bertz CT molecular complexity index is 1810. The van der Waals surface area contributed by atoms with Gasteiger partial charge in [0.05, 0.1) is 4.90 Å². The van der Waals surface area contributed by atoms with Gasteiger partial charge in [0.25, 0.3) is 10.1 Å². The van der Waals surface area contributed by atoms with Gasteiger partial charge >= 0.3 is 37.7 Å². The first kappa shape index (κ1) is 50.3. The Morgan fingerprint density at radius 3 is 1.33 bits per heavy atom. The molecule has 0 heterocycles. The van der Waals surface area contributed by atoms with Gasteiger partial charge in [0, 0.05) is 0 Å². The quantitative estimate of drug-likeness (QED) is 0.0392. The largest absolute Gasteiger partial charge is 2.00 e. The third-order valence-electron chi connectivity index (χ3n) is 9.37. The second-order valence-electron chi connectivity index (χ2n) is 14.1. The average molecular weight is 851 g/mol. The molecule has 13 heteroatoms. The molecule has 2 N–H and O–H groups in total. The molecule has 308 valence electrons. The Kier molecular flexibility index (Phi) is 23.8. The van der Waals surface area contributed by atoms with Crippen molar-refractivity contribution in [2.75, 3.05) is 0 Å². The van der Waals surface area contributed by atoms with Crippen LogP contribution in [0.15, 0.2) is 94.7 Å². The van der Waals surface area contributed by atoms with Crippen molar-refractivity contribution in [3.8, 4) is 34.5 Å². The molecule has 10 nitrogen and oxygen atoms in total. The predicted molar refractivity (Wildman–Crippen MR) is 223 cm³/mol. The molecule has 0 saturated heterocycles. The van der Waals surface area contributed by atoms with E-state index in [1.165, 1.54) is 126 Å². The molecule has 0 saturated carbocycles. The molecule has 0 aliphatic heterocycles. The number of ether oxygens (including phenoxy) is 2. The zero-order valence-corrected chi connectivity index (χ0v) is 37.3. The maximum absolute atomic E-state index is 11.9. The van der Waals surface area contributed by atoms with E-state index in [4.69, 9.17) is 9.47 Å². The van der Waals surface area contributed by atoms with Gasteiger partial charge in [0.15, 0.2) is 11.5 Å². The molecule has 4 aromatic rings. The summed E-state index contributed by atoms with van der Waals surface area (Å²) in [6.45, 7) is 4.45. The topological polar surface area (TPSA) is 173 Å². The minimum absolute atomic E-state index is 0. The minimum atomic E-state index is -4.78. The van der Waals surface area contributed by atoms with E-state index in [9.17, 15) is 36.2 Å². The number of unbranched alkanes of at least 4 members (excludes halogenated alkanes) is 14. The Balaban J connectivity index is 0.000000387. The smallest absolute Gasteiger partial charge is 0.870 e. The molecular formula is C44H58CaO10S2. The summed E-state index contributed by atoms with van der Waals surface area (Å²) >= 11 is 0. The fourth-order valence-electron chi connectivity index (χ4n) is 6.21. The van der Waals surface area contributed by atoms with E-state index in [1.807, 2.05) is 24.3 Å². The summed E-state index contributed by atoms with van der Waals surface area (Å²) in [5.74, 6) is -0.994. The number of aromatic hydroxyl groups is 1. The van der Waals surface area contributed by atoms with Gasteiger partial charge in [-0.3, -0.25) is 4.55 Å². The van der Waals surface area contributed by atoms with Crippen LogP contribution < -0.4 is 14.6 Å². The van der Waals surface area contributed by atoms with Crippen LogP contribution in [0.5, 0.6) is 34.5 Å². The Hall–Kier alpha value is -2.84. The van der Waals surface area contributed by atoms with Crippen LogP contribution in [0, 0.1) is 0 Å². The number of hydrogen-bond donors (Lipinski definition) is 2. The van der Waals surface area contributed by atoms with Crippen molar-refractivity contribution in [1.29, 1.82) is 0 Å². The summed E-state index contributed by atoms with van der Waals surface area (Å²) in [7, 11) is -9.28. The fourth-order valence-corrected chi connectivity index (χ4v) is 7.46. The third-order valence-corrected chi connectivity index (χ3v) is 11.1. The van der Waals surface area contributed by atoms with Gasteiger partial charge in [0.2, 0.25) is 0 Å². The van der Waals surface area contributed by atoms with Crippen LogP contribution in [0.1, 0.15) is 128 Å². The first-order valence-corrected chi connectivity index (χ1v) is 22.8. The molecule has 0 aliphatic carbocycles. The van der Waals surface area contributed by atoms with Gasteiger partial charge in [0.1, 0.15) is 32.3 Å². The van der Waals surface area contributed by atoms with Gasteiger partial charge in [-0.1, -0.05) is 152 Å². The number of phenols is 1. The van der Waals surface area contributed by atoms with Crippen LogP contribution in [0.2, 0.25) is 0 Å². The van der Waals surface area contributed by atoms with Crippen molar-refractivity contribution in [2.45, 2.75) is 139 Å². The Labute approximate surface area is 370 Å². The van der Waals surface area contributed by atoms with E-state index in [0.29, 0.717) is 11.5 Å². The molecule has 0 amide bonds. The van der Waals surface area contributed by atoms with Crippen LogP contribution in [0.4, 0.5) is 0 Å². The summed E-state index contributed by atoms with van der Waals surface area (Å²) in [6.07, 6.45) is 22.3. The van der Waals surface area contributed by atoms with Crippen molar-refractivity contribution in [1.82, 2.24) is 0 Å². The molecule has 0 fully saturated rings. The second kappa shape index (κ2) is 27.0. The van der Waals surface area contributed by atoms with Crippen molar-refractivity contribution in [3.63, 3.8) is 0 Å². The van der Waals surface area contributed by atoms with Gasteiger partial charge < -0.3 is 24.2 Å². The van der Waals surface area contributed by atoms with Crippen molar-refractivity contribution >= 4 is 58.0 Å². The molecule has 4 aromatic carbocycles. The molecule has 0 bridgehead atoms. The third kappa shape index (κ3) is 19.2. The molecule has 0 spiro atoms. The summed E-state index contributed by atoms with van der Waals surface area (Å²) in [4.78, 5) is -1.10. The molecule has 0 aliphatic rings. The number of aryl methyl sites for hydroxylation is 2. The monoisotopic (exact) mass is 850 g/mol. The number of rotatable bonds is 24. The standard InChI is InChI=1S/2C22H30O5S.Ca/c2*1-2-3-4-5-6-7-8-9-11-18-14-16-19(17-15-18)27-22-20(23)12-10-13-21(22)28(24,25)26;/h2*10,12-17,23H,2-9,11H2,1H3,(H,24,25,26);/q;;+2/p-2. The van der Waals surface area contributed by atoms with E-state index in [1.54, 1.807) is 24.3 Å². The molecular weight excluding hydrogens is 793 g/mol. The molecule has 0 aromatic heterocycles. The van der Waals surface area contributed by atoms with Gasteiger partial charge in [-0.25, -0.2) is 8.42 Å². The second-order valence-corrected chi connectivity index (χ2v) is 16.8. The van der Waals surface area contributed by atoms with Crippen molar-refractivity contribution in [3.05, 3.63) is 96.1 Å². The van der Waals surface area contributed by atoms with E-state index in [0.717, 1.165) is 37.3 Å². The van der Waals surface area contributed by atoms with E-state index < -0.39 is 41.5 Å².